The van der Waals surface area contributed by atoms with Crippen LogP contribution in [0.5, 0.6) is 5.75 Å². The normalized spacial score (nSPS) is 17.1. The molecule has 0 atom stereocenters. The minimum atomic E-state index is 0.135. The van der Waals surface area contributed by atoms with Crippen molar-refractivity contribution in [1.82, 2.24) is 0 Å². The molecule has 0 unspecified atom stereocenters. The molecule has 0 N–H and O–H groups in total. The Balaban J connectivity index is 1.97. The van der Waals surface area contributed by atoms with Gasteiger partial charge in [-0.25, -0.2) is 0 Å². The van der Waals surface area contributed by atoms with Gasteiger partial charge in [-0.2, -0.15) is 0 Å². The molecule has 1 aromatic carbocycles. The summed E-state index contributed by atoms with van der Waals surface area (Å²) in [6.45, 7) is 0. The van der Waals surface area contributed by atoms with Crippen LogP contribution in [0.3, 0.4) is 0 Å². The van der Waals surface area contributed by atoms with Gasteiger partial charge >= 0.3 is 0 Å². The van der Waals surface area contributed by atoms with Crippen molar-refractivity contribution in [1.29, 1.82) is 0 Å². The average molecular weight is 214 g/mol. The molecule has 0 radical (unpaired) electrons. The van der Waals surface area contributed by atoms with Crippen molar-refractivity contribution in [3.8, 4) is 5.75 Å². The van der Waals surface area contributed by atoms with Gasteiger partial charge in [0.05, 0.1) is 18.8 Å². The number of methoxy groups -OCH3 is 1. The van der Waals surface area contributed by atoms with Gasteiger partial charge in [-0.3, -0.25) is 0 Å². The van der Waals surface area contributed by atoms with Crippen LogP contribution in [0.15, 0.2) is 47.1 Å². The van der Waals surface area contributed by atoms with Crippen LogP contribution in [0, 0.1) is 0 Å². The first kappa shape index (κ1) is 9.52. The van der Waals surface area contributed by atoms with Crippen molar-refractivity contribution < 1.29 is 9.15 Å². The lowest BCUT2D eigenvalue weighted by Gasteiger charge is -2.13. The summed E-state index contributed by atoms with van der Waals surface area (Å²) in [6.07, 6.45) is 4.10. The number of furan rings is 1. The molecule has 2 heteroatoms. The fraction of sp³-hybridized carbons (Fsp3) is 0.286. The number of rotatable bonds is 3. The second-order valence-electron chi connectivity index (χ2n) is 4.29. The third kappa shape index (κ3) is 1.33. The lowest BCUT2D eigenvalue weighted by molar-refractivity contribution is 0.414. The monoisotopic (exact) mass is 214 g/mol. The van der Waals surface area contributed by atoms with E-state index in [1.165, 1.54) is 18.4 Å². The predicted octanol–water partition coefficient (Wildman–Crippen LogP) is 3.37. The van der Waals surface area contributed by atoms with Gasteiger partial charge in [0.25, 0.3) is 0 Å². The highest BCUT2D eigenvalue weighted by Crippen LogP contribution is 2.53. The van der Waals surface area contributed by atoms with Gasteiger partial charge in [0.2, 0.25) is 0 Å². The number of benzene rings is 1. The van der Waals surface area contributed by atoms with E-state index in [1.54, 1.807) is 13.4 Å². The highest BCUT2D eigenvalue weighted by atomic mass is 16.5. The first-order valence-corrected chi connectivity index (χ1v) is 5.54. The molecule has 0 bridgehead atoms. The van der Waals surface area contributed by atoms with Crippen LogP contribution in [-0.2, 0) is 5.41 Å². The Hall–Kier alpha value is -1.70. The summed E-state index contributed by atoms with van der Waals surface area (Å²) in [4.78, 5) is 0. The molecular formula is C14H14O2. The molecule has 82 valence electrons. The molecule has 16 heavy (non-hydrogen) atoms. The van der Waals surface area contributed by atoms with Gasteiger partial charge < -0.3 is 9.15 Å². The van der Waals surface area contributed by atoms with Crippen molar-refractivity contribution in [2.45, 2.75) is 18.3 Å². The average Bonchev–Trinajstić information content (AvgIpc) is 2.97. The zero-order valence-corrected chi connectivity index (χ0v) is 9.27. The van der Waals surface area contributed by atoms with Gasteiger partial charge in [0.1, 0.15) is 11.5 Å². The zero-order valence-electron chi connectivity index (χ0n) is 9.27. The molecule has 2 aromatic rings. The van der Waals surface area contributed by atoms with E-state index in [9.17, 15) is 0 Å². The second kappa shape index (κ2) is 3.41. The number of ether oxygens (including phenoxy) is 1. The Morgan fingerprint density at radius 2 is 1.88 bits per heavy atom. The van der Waals surface area contributed by atoms with Gasteiger partial charge in [-0.15, -0.1) is 0 Å². The highest BCUT2D eigenvalue weighted by molar-refractivity contribution is 5.42. The topological polar surface area (TPSA) is 22.4 Å². The standard InChI is InChI=1S/C14H14O2/c1-15-12-6-4-11(5-7-12)14(8-9-14)13-3-2-10-16-13/h2-7,10H,8-9H2,1H3. The SMILES string of the molecule is COc1ccc(C2(c3ccco3)CC2)cc1. The Labute approximate surface area is 94.9 Å². The van der Waals surface area contributed by atoms with E-state index in [4.69, 9.17) is 9.15 Å². The molecule has 0 aliphatic heterocycles. The van der Waals surface area contributed by atoms with Crippen molar-refractivity contribution in [2.75, 3.05) is 7.11 Å². The fourth-order valence-corrected chi connectivity index (χ4v) is 2.26. The molecular weight excluding hydrogens is 200 g/mol. The summed E-state index contributed by atoms with van der Waals surface area (Å²) in [7, 11) is 1.69. The maximum Gasteiger partial charge on any atom is 0.118 e. The van der Waals surface area contributed by atoms with E-state index in [0.717, 1.165) is 11.5 Å². The minimum absolute atomic E-state index is 0.135. The third-order valence-electron chi connectivity index (χ3n) is 3.39. The molecule has 1 saturated carbocycles. The number of hydrogen-bond acceptors (Lipinski definition) is 2. The molecule has 2 nitrogen and oxygen atoms in total. The quantitative estimate of drug-likeness (QED) is 0.781. The maximum atomic E-state index is 5.54. The first-order valence-electron chi connectivity index (χ1n) is 5.54. The molecule has 1 heterocycles. The number of hydrogen-bond donors (Lipinski definition) is 0. The van der Waals surface area contributed by atoms with Crippen LogP contribution < -0.4 is 4.74 Å². The highest BCUT2D eigenvalue weighted by Gasteiger charge is 2.48. The lowest BCUT2D eigenvalue weighted by atomic mass is 9.93. The molecule has 0 saturated heterocycles. The second-order valence-corrected chi connectivity index (χ2v) is 4.29. The van der Waals surface area contributed by atoms with Gasteiger partial charge in [-0.1, -0.05) is 12.1 Å². The molecule has 0 spiro atoms. The summed E-state index contributed by atoms with van der Waals surface area (Å²) in [5.41, 5.74) is 1.46. The molecule has 1 aliphatic rings. The summed E-state index contributed by atoms with van der Waals surface area (Å²) >= 11 is 0. The van der Waals surface area contributed by atoms with E-state index in [1.807, 2.05) is 18.2 Å². The van der Waals surface area contributed by atoms with Gasteiger partial charge in [0, 0.05) is 0 Å². The van der Waals surface area contributed by atoms with E-state index in [-0.39, 0.29) is 5.41 Å². The zero-order chi connectivity index (χ0) is 11.0. The summed E-state index contributed by atoms with van der Waals surface area (Å²) in [5, 5.41) is 0. The summed E-state index contributed by atoms with van der Waals surface area (Å²) < 4.78 is 10.7. The van der Waals surface area contributed by atoms with Crippen molar-refractivity contribution >= 4 is 0 Å². The van der Waals surface area contributed by atoms with E-state index in [2.05, 4.69) is 18.2 Å². The van der Waals surface area contributed by atoms with Crippen LogP contribution in [0.2, 0.25) is 0 Å². The van der Waals surface area contributed by atoms with Crippen molar-refractivity contribution in [3.63, 3.8) is 0 Å². The maximum absolute atomic E-state index is 5.54. The van der Waals surface area contributed by atoms with E-state index in [0.29, 0.717) is 0 Å². The smallest absolute Gasteiger partial charge is 0.118 e. The van der Waals surface area contributed by atoms with E-state index >= 15 is 0 Å². The predicted molar refractivity (Wildman–Crippen MR) is 61.7 cm³/mol. The molecule has 1 aromatic heterocycles. The van der Waals surface area contributed by atoms with Crippen LogP contribution in [0.4, 0.5) is 0 Å². The third-order valence-corrected chi connectivity index (χ3v) is 3.39. The van der Waals surface area contributed by atoms with E-state index < -0.39 is 0 Å². The van der Waals surface area contributed by atoms with Gasteiger partial charge in [-0.05, 0) is 42.7 Å². The molecule has 1 fully saturated rings. The Kier molecular flexibility index (Phi) is 2.03. The van der Waals surface area contributed by atoms with Crippen LogP contribution >= 0.6 is 0 Å². The van der Waals surface area contributed by atoms with Crippen LogP contribution in [-0.4, -0.2) is 7.11 Å². The molecule has 1 aliphatic carbocycles. The fourth-order valence-electron chi connectivity index (χ4n) is 2.26. The Morgan fingerprint density at radius 3 is 2.38 bits per heavy atom. The Bertz CT molecular complexity index is 464. The Morgan fingerprint density at radius 1 is 1.12 bits per heavy atom. The molecule has 3 rings (SSSR count). The van der Waals surface area contributed by atoms with Gasteiger partial charge in [0.15, 0.2) is 0 Å². The molecule has 0 amide bonds. The van der Waals surface area contributed by atoms with Crippen LogP contribution in [0.25, 0.3) is 0 Å². The summed E-state index contributed by atoms with van der Waals surface area (Å²) in [5.74, 6) is 1.98. The minimum Gasteiger partial charge on any atom is -0.497 e. The van der Waals surface area contributed by atoms with Crippen molar-refractivity contribution in [3.05, 3.63) is 54.0 Å². The lowest BCUT2D eigenvalue weighted by Crippen LogP contribution is -2.06. The van der Waals surface area contributed by atoms with Crippen molar-refractivity contribution in [2.24, 2.45) is 0 Å². The summed E-state index contributed by atoms with van der Waals surface area (Å²) in [6, 6.07) is 12.3. The first-order chi connectivity index (χ1) is 7.85. The van der Waals surface area contributed by atoms with Crippen LogP contribution in [0.1, 0.15) is 24.2 Å². The largest absolute Gasteiger partial charge is 0.497 e.